The Morgan fingerprint density at radius 3 is 0.844 bits per heavy atom. The molecule has 0 bridgehead atoms. The molecule has 5 fully saturated rings. The molecule has 5 rings (SSSR count). The fraction of sp³-hybridized carbons (Fsp3) is 0.787. The van der Waals surface area contributed by atoms with Crippen LogP contribution < -0.4 is 26.6 Å². The number of hydrogen-bond donors (Lipinski definition) is 5. The minimum absolute atomic E-state index is 0.0137. The molecule has 0 aliphatic carbocycles. The van der Waals surface area contributed by atoms with E-state index < -0.39 is 0 Å². The number of Topliss-reactive ketones (excluding diaryl/α,β-unsaturated/α-hetero) is 2. The summed E-state index contributed by atoms with van der Waals surface area (Å²) >= 11 is 0. The number of nitrogens with one attached hydrogen (secondary N) is 5. The van der Waals surface area contributed by atoms with Gasteiger partial charge in [-0.05, 0) is 131 Å². The monoisotopic (exact) mass is 1540 g/mol. The van der Waals surface area contributed by atoms with Gasteiger partial charge in [-0.3, -0.25) is 106 Å². The molecule has 109 heavy (non-hydrogen) atoms. The van der Waals surface area contributed by atoms with Gasteiger partial charge in [0.1, 0.15) is 5.78 Å². The number of hydrogen-bond acceptors (Lipinski definition) is 19. The predicted molar refractivity (Wildman–Crippen MR) is 411 cm³/mol. The molecule has 0 aromatic rings. The number of ether oxygens (including phenoxy) is 2. The molecule has 0 spiro atoms. The molecule has 0 aromatic carbocycles. The van der Waals surface area contributed by atoms with Crippen molar-refractivity contribution in [2.24, 2.45) is 59.2 Å². The molecular weight excluding hydrogens is 1400 g/mol. The van der Waals surface area contributed by atoms with E-state index in [0.29, 0.717) is 104 Å². The lowest BCUT2D eigenvalue weighted by atomic mass is 9.94. The Balaban J connectivity index is 0.000000686. The predicted octanol–water partition coefficient (Wildman–Crippen LogP) is 7.34. The fourth-order valence-electron chi connectivity index (χ4n) is 12.5. The highest BCUT2D eigenvalue weighted by Gasteiger charge is 2.44. The molecule has 5 unspecified atom stereocenters. The van der Waals surface area contributed by atoms with Crippen LogP contribution in [-0.4, -0.2) is 214 Å². The third-order valence-corrected chi connectivity index (χ3v) is 18.7. The molecule has 0 radical (unpaired) electrons. The van der Waals surface area contributed by atoms with Crippen molar-refractivity contribution in [3.05, 3.63) is 0 Å². The summed E-state index contributed by atoms with van der Waals surface area (Å²) in [5.41, 5.74) is 0. The number of nitrogens with zero attached hydrogens (tertiary/aromatic N) is 5. The van der Waals surface area contributed by atoms with Crippen LogP contribution in [0.4, 0.5) is 0 Å². The Kier molecular flexibility index (Phi) is 47.1. The summed E-state index contributed by atoms with van der Waals surface area (Å²) < 4.78 is 10.7. The topological polar surface area (TPSA) is 385 Å². The SMILES string of the molecule is CC(C)NC(=O)CCCCCN1C(=O)CC(C(C)C)C1=O.CC(C)NC(=O)CCCN1C(=O)CC(C(C)C)C1=O.CC(C)NC(=O)CCN1C(=O)CC(C(C)C)C1=O.CC(C)NC(=O)CCOCCCC(=O)CCN1C(=O)CC(C(C)C)C1=O.CC(C)NC(=O)CCOCCCC(=O)CN1C(=O)CC(C(C)C)C1=O. The summed E-state index contributed by atoms with van der Waals surface area (Å²) in [5, 5.41) is 13.9. The number of carbonyl (C=O) groups excluding carboxylic acids is 17. The number of ketones is 2. The Labute approximate surface area is 648 Å². The molecule has 5 saturated heterocycles. The highest BCUT2D eigenvalue weighted by Crippen LogP contribution is 2.31. The Morgan fingerprint density at radius 1 is 0.275 bits per heavy atom. The summed E-state index contributed by atoms with van der Waals surface area (Å²) in [4.78, 5) is 207. The Morgan fingerprint density at radius 2 is 0.532 bits per heavy atom. The number of amides is 15. The van der Waals surface area contributed by atoms with Gasteiger partial charge in [0.15, 0.2) is 5.78 Å². The van der Waals surface area contributed by atoms with Crippen molar-refractivity contribution in [2.75, 3.05) is 59.2 Å². The van der Waals surface area contributed by atoms with Gasteiger partial charge in [-0.15, -0.1) is 0 Å². The van der Waals surface area contributed by atoms with E-state index in [2.05, 4.69) is 26.6 Å². The molecular formula is C80H136N10O19. The molecule has 5 aliphatic heterocycles. The zero-order valence-corrected chi connectivity index (χ0v) is 69.5. The summed E-state index contributed by atoms with van der Waals surface area (Å²) in [6.45, 7) is 40.9. The standard InChI is InChI=1S/C19H32N2O5.C18H30N2O5.C16H28N2O3.C14H24N2O3.C13H22N2O3/c1-13(2)16-12-18(24)21(19(16)25)9-7-15(22)6-5-10-26-11-8-17(23)20-14(3)4;1-12(2)15-10-17(23)20(18(15)24)11-14(21)6-5-8-25-9-7-16(22)19-13(3)4;1-11(2)13-10-15(20)18(16(13)21)9-7-5-6-8-14(19)17-12(3)4;1-9(2)11-8-13(18)16(14(11)19)7-5-6-12(17)15-10(3)4;1-8(2)10-7-12(17)15(13(10)18)6-5-11(16)14-9(3)4/h13-14,16H,5-12H2,1-4H3,(H,20,23);12-13,15H,5-11H2,1-4H3,(H,19,22);11-13H,5-10H2,1-4H3,(H,17,19);9-11H,5-8H2,1-4H3,(H,15,17);8-10H,5-7H2,1-4H3,(H,14,16). The van der Waals surface area contributed by atoms with Crippen LogP contribution in [0.3, 0.4) is 0 Å². The van der Waals surface area contributed by atoms with Crippen LogP contribution in [0.5, 0.6) is 0 Å². The van der Waals surface area contributed by atoms with E-state index in [0.717, 1.165) is 24.2 Å². The third kappa shape index (κ3) is 38.7. The fourth-order valence-corrected chi connectivity index (χ4v) is 12.5. The summed E-state index contributed by atoms with van der Waals surface area (Å²) in [6, 6.07) is 0.589. The second kappa shape index (κ2) is 51.7. The number of unbranched alkanes of at least 4 members (excludes halogenated alkanes) is 2. The van der Waals surface area contributed by atoms with E-state index in [1.165, 1.54) is 19.6 Å². The largest absolute Gasteiger partial charge is 0.381 e. The minimum Gasteiger partial charge on any atom is -0.381 e. The van der Waals surface area contributed by atoms with Gasteiger partial charge >= 0.3 is 0 Å². The van der Waals surface area contributed by atoms with Gasteiger partial charge in [-0.1, -0.05) is 75.7 Å². The number of rotatable bonds is 42. The van der Waals surface area contributed by atoms with E-state index in [-0.39, 0.29) is 248 Å². The van der Waals surface area contributed by atoms with E-state index in [9.17, 15) is 81.5 Å². The average Bonchev–Trinajstić information content (AvgIpc) is 1.72. The highest BCUT2D eigenvalue weighted by molar-refractivity contribution is 6.07. The lowest BCUT2D eigenvalue weighted by molar-refractivity contribution is -0.143. The molecule has 15 amide bonds. The van der Waals surface area contributed by atoms with Gasteiger partial charge in [0.25, 0.3) is 0 Å². The van der Waals surface area contributed by atoms with Gasteiger partial charge in [-0.2, -0.15) is 0 Å². The van der Waals surface area contributed by atoms with Crippen LogP contribution in [0.2, 0.25) is 0 Å². The Hall–Kier alpha value is -7.69. The molecule has 0 saturated carbocycles. The maximum absolute atomic E-state index is 12.2. The molecule has 5 aliphatic rings. The second-order valence-electron chi connectivity index (χ2n) is 32.2. The number of likely N-dealkylation sites (tertiary alicyclic amines) is 5. The average molecular weight is 1540 g/mol. The first kappa shape index (κ1) is 99.3. The van der Waals surface area contributed by atoms with Gasteiger partial charge in [0.05, 0.1) is 19.8 Å². The van der Waals surface area contributed by atoms with E-state index in [1.807, 2.05) is 138 Å². The van der Waals surface area contributed by atoms with Crippen LogP contribution in [0.1, 0.15) is 260 Å². The van der Waals surface area contributed by atoms with Crippen LogP contribution >= 0.6 is 0 Å². The molecule has 0 aromatic heterocycles. The van der Waals surface area contributed by atoms with E-state index in [4.69, 9.17) is 9.47 Å². The zero-order valence-electron chi connectivity index (χ0n) is 69.5. The first-order chi connectivity index (χ1) is 50.9. The molecule has 29 heteroatoms. The van der Waals surface area contributed by atoms with E-state index in [1.54, 1.807) is 0 Å². The Bertz CT molecular complexity index is 3030. The molecule has 5 atom stereocenters. The maximum Gasteiger partial charge on any atom is 0.233 e. The van der Waals surface area contributed by atoms with Crippen LogP contribution in [0, 0.1) is 59.2 Å². The van der Waals surface area contributed by atoms with E-state index >= 15 is 0 Å². The van der Waals surface area contributed by atoms with Crippen LogP contribution in [0.15, 0.2) is 0 Å². The van der Waals surface area contributed by atoms with Gasteiger partial charge in [0, 0.05) is 183 Å². The number of imide groups is 5. The van der Waals surface area contributed by atoms with Crippen molar-refractivity contribution >= 4 is 100 Å². The summed E-state index contributed by atoms with van der Waals surface area (Å²) in [5.74, 6) is -2.00. The lowest BCUT2D eigenvalue weighted by Crippen LogP contribution is -2.37. The van der Waals surface area contributed by atoms with Gasteiger partial charge in [-0.25, -0.2) is 0 Å². The molecule has 5 N–H and O–H groups in total. The molecule has 620 valence electrons. The van der Waals surface area contributed by atoms with Crippen molar-refractivity contribution in [3.8, 4) is 0 Å². The molecule has 29 nitrogen and oxygen atoms in total. The summed E-state index contributed by atoms with van der Waals surface area (Å²) in [7, 11) is 0. The van der Waals surface area contributed by atoms with Crippen LogP contribution in [0.25, 0.3) is 0 Å². The van der Waals surface area contributed by atoms with Crippen molar-refractivity contribution in [3.63, 3.8) is 0 Å². The third-order valence-electron chi connectivity index (χ3n) is 18.7. The normalized spacial score (nSPS) is 18.6. The first-order valence-electron chi connectivity index (χ1n) is 39.8. The van der Waals surface area contributed by atoms with Crippen molar-refractivity contribution in [1.29, 1.82) is 0 Å². The minimum atomic E-state index is -0.305. The van der Waals surface area contributed by atoms with Gasteiger partial charge in [0.2, 0.25) is 88.6 Å². The smallest absolute Gasteiger partial charge is 0.233 e. The lowest BCUT2D eigenvalue weighted by Gasteiger charge is -2.16. The van der Waals surface area contributed by atoms with Crippen molar-refractivity contribution in [2.45, 2.75) is 291 Å². The first-order valence-corrected chi connectivity index (χ1v) is 39.8. The molecule has 5 heterocycles. The summed E-state index contributed by atoms with van der Waals surface area (Å²) in [6.07, 6.45) is 7.87. The van der Waals surface area contributed by atoms with Crippen molar-refractivity contribution in [1.82, 2.24) is 51.1 Å². The number of carbonyl (C=O) groups is 17. The highest BCUT2D eigenvalue weighted by atomic mass is 16.5. The quantitative estimate of drug-likeness (QED) is 0.0294. The zero-order chi connectivity index (χ0) is 83.1. The van der Waals surface area contributed by atoms with Crippen LogP contribution in [-0.2, 0) is 91.0 Å². The maximum atomic E-state index is 12.2. The second-order valence-corrected chi connectivity index (χ2v) is 32.2. The van der Waals surface area contributed by atoms with Gasteiger partial charge < -0.3 is 36.1 Å². The van der Waals surface area contributed by atoms with Crippen molar-refractivity contribution < 1.29 is 91.0 Å².